The van der Waals surface area contributed by atoms with Crippen LogP contribution in [0.4, 0.5) is 5.69 Å². The van der Waals surface area contributed by atoms with Crippen LogP contribution in [0.2, 0.25) is 0 Å². The topological polar surface area (TPSA) is 87.2 Å². The van der Waals surface area contributed by atoms with Crippen molar-refractivity contribution in [1.82, 2.24) is 4.90 Å². The van der Waals surface area contributed by atoms with E-state index in [4.69, 9.17) is 9.84 Å². The van der Waals surface area contributed by atoms with E-state index in [2.05, 4.69) is 0 Å². The third-order valence-corrected chi connectivity index (χ3v) is 4.67. The van der Waals surface area contributed by atoms with Crippen molar-refractivity contribution < 1.29 is 24.2 Å². The predicted molar refractivity (Wildman–Crippen MR) is 90.2 cm³/mol. The van der Waals surface area contributed by atoms with Gasteiger partial charge in [0.05, 0.1) is 25.0 Å². The fraction of sp³-hybridized carbons (Fsp3) is 0.500. The number of carboxylic acids is 1. The first-order valence-corrected chi connectivity index (χ1v) is 8.43. The van der Waals surface area contributed by atoms with Crippen LogP contribution in [-0.2, 0) is 19.1 Å². The van der Waals surface area contributed by atoms with Crippen LogP contribution in [-0.4, -0.2) is 60.1 Å². The molecule has 1 N–H and O–H groups in total. The highest BCUT2D eigenvalue weighted by molar-refractivity contribution is 6.00. The van der Waals surface area contributed by atoms with Crippen molar-refractivity contribution in [2.24, 2.45) is 5.92 Å². The highest BCUT2D eigenvalue weighted by Gasteiger charge is 2.38. The maximum absolute atomic E-state index is 12.8. The molecule has 0 aliphatic carbocycles. The van der Waals surface area contributed by atoms with E-state index in [-0.39, 0.29) is 31.2 Å². The second-order valence-corrected chi connectivity index (χ2v) is 6.62. The molecule has 1 aromatic carbocycles. The van der Waals surface area contributed by atoms with Gasteiger partial charge in [0.25, 0.3) is 0 Å². The number of hydrogen-bond acceptors (Lipinski definition) is 4. The number of carboxylic acid groups (broad SMARTS) is 1. The van der Waals surface area contributed by atoms with E-state index in [1.54, 1.807) is 9.80 Å². The smallest absolute Gasteiger partial charge is 0.306 e. The van der Waals surface area contributed by atoms with Crippen LogP contribution in [0.3, 0.4) is 0 Å². The van der Waals surface area contributed by atoms with Crippen molar-refractivity contribution in [3.8, 4) is 0 Å². The van der Waals surface area contributed by atoms with Crippen molar-refractivity contribution in [3.63, 3.8) is 0 Å². The molecule has 0 spiro atoms. The number of amides is 2. The van der Waals surface area contributed by atoms with Crippen LogP contribution in [0, 0.1) is 12.8 Å². The van der Waals surface area contributed by atoms with E-state index in [1.165, 1.54) is 0 Å². The number of rotatable bonds is 4. The molecule has 2 aliphatic rings. The molecule has 3 rings (SSSR count). The summed E-state index contributed by atoms with van der Waals surface area (Å²) in [6, 6.07) is 7.65. The van der Waals surface area contributed by atoms with Gasteiger partial charge in [-0.15, -0.1) is 0 Å². The van der Waals surface area contributed by atoms with Crippen LogP contribution < -0.4 is 4.90 Å². The molecule has 2 saturated heterocycles. The molecule has 2 aliphatic heterocycles. The predicted octanol–water partition coefficient (Wildman–Crippen LogP) is 1.05. The normalized spacial score (nSPS) is 23.8. The first-order chi connectivity index (χ1) is 11.9. The van der Waals surface area contributed by atoms with Gasteiger partial charge in [0, 0.05) is 31.7 Å². The molecule has 1 aromatic rings. The lowest BCUT2D eigenvalue weighted by Crippen LogP contribution is -2.48. The number of aliphatic carboxylic acids is 1. The van der Waals surface area contributed by atoms with Crippen LogP contribution in [0.5, 0.6) is 0 Å². The van der Waals surface area contributed by atoms with E-state index in [0.29, 0.717) is 19.7 Å². The second-order valence-electron chi connectivity index (χ2n) is 6.62. The lowest BCUT2D eigenvalue weighted by molar-refractivity contribution is -0.149. The zero-order valence-electron chi connectivity index (χ0n) is 14.2. The van der Waals surface area contributed by atoms with Gasteiger partial charge in [-0.1, -0.05) is 17.7 Å². The Morgan fingerprint density at radius 3 is 2.64 bits per heavy atom. The minimum Gasteiger partial charge on any atom is -0.481 e. The lowest BCUT2D eigenvalue weighted by Gasteiger charge is -2.33. The third-order valence-electron chi connectivity index (χ3n) is 4.67. The quantitative estimate of drug-likeness (QED) is 0.880. The van der Waals surface area contributed by atoms with Crippen LogP contribution in [0.25, 0.3) is 0 Å². The summed E-state index contributed by atoms with van der Waals surface area (Å²) in [6.07, 6.45) is -0.420. The lowest BCUT2D eigenvalue weighted by atomic mass is 10.1. The third kappa shape index (κ3) is 3.99. The largest absolute Gasteiger partial charge is 0.481 e. The molecule has 0 saturated carbocycles. The number of anilines is 1. The molecule has 0 bridgehead atoms. The Balaban J connectivity index is 1.64. The average Bonchev–Trinajstić information content (AvgIpc) is 2.96. The number of ether oxygens (including phenoxy) is 1. The van der Waals surface area contributed by atoms with E-state index in [0.717, 1.165) is 11.3 Å². The summed E-state index contributed by atoms with van der Waals surface area (Å²) in [5, 5.41) is 8.88. The summed E-state index contributed by atoms with van der Waals surface area (Å²) >= 11 is 0. The molecular weight excluding hydrogens is 324 g/mol. The summed E-state index contributed by atoms with van der Waals surface area (Å²) < 4.78 is 5.40. The molecule has 0 radical (unpaired) electrons. The van der Waals surface area contributed by atoms with Gasteiger partial charge < -0.3 is 19.6 Å². The molecule has 7 nitrogen and oxygen atoms in total. The second kappa shape index (κ2) is 7.23. The Kier molecular flexibility index (Phi) is 5.03. The monoisotopic (exact) mass is 346 g/mol. The fourth-order valence-electron chi connectivity index (χ4n) is 3.34. The van der Waals surface area contributed by atoms with Crippen LogP contribution >= 0.6 is 0 Å². The fourth-order valence-corrected chi connectivity index (χ4v) is 3.34. The number of nitrogens with zero attached hydrogens (tertiary/aromatic N) is 2. The maximum Gasteiger partial charge on any atom is 0.306 e. The van der Waals surface area contributed by atoms with Crippen molar-refractivity contribution in [3.05, 3.63) is 29.8 Å². The first-order valence-electron chi connectivity index (χ1n) is 8.43. The van der Waals surface area contributed by atoms with Crippen LogP contribution in [0.1, 0.15) is 18.4 Å². The standard InChI is InChI=1S/C18H22N2O5/c1-12-2-4-14(5-3-12)20-10-13(8-16(20)21)18(24)19-6-7-25-15(11-19)9-17(22)23/h2-5,13,15H,6-11H2,1H3,(H,22,23)/t13-,15-/m0/s1. The summed E-state index contributed by atoms with van der Waals surface area (Å²) in [4.78, 5) is 39.2. The molecule has 7 heteroatoms. The van der Waals surface area contributed by atoms with Crippen molar-refractivity contribution in [1.29, 1.82) is 0 Å². The number of morpholine rings is 1. The van der Waals surface area contributed by atoms with Crippen molar-refractivity contribution in [2.75, 3.05) is 31.1 Å². The Morgan fingerprint density at radius 2 is 1.96 bits per heavy atom. The Morgan fingerprint density at radius 1 is 1.24 bits per heavy atom. The van der Waals surface area contributed by atoms with Gasteiger partial charge >= 0.3 is 5.97 Å². The molecule has 0 aromatic heterocycles. The Bertz CT molecular complexity index is 673. The molecule has 2 atom stereocenters. The maximum atomic E-state index is 12.8. The van der Waals surface area contributed by atoms with Gasteiger partial charge in [0.1, 0.15) is 0 Å². The number of aryl methyl sites for hydroxylation is 1. The molecule has 134 valence electrons. The molecule has 25 heavy (non-hydrogen) atoms. The molecule has 2 fully saturated rings. The van der Waals surface area contributed by atoms with Gasteiger partial charge in [0.15, 0.2) is 0 Å². The van der Waals surface area contributed by atoms with Gasteiger partial charge in [-0.2, -0.15) is 0 Å². The minimum atomic E-state index is -0.944. The summed E-state index contributed by atoms with van der Waals surface area (Å²) in [5.74, 6) is -1.49. The molecule has 2 heterocycles. The van der Waals surface area contributed by atoms with E-state index in [1.807, 2.05) is 31.2 Å². The van der Waals surface area contributed by atoms with Gasteiger partial charge in [-0.3, -0.25) is 14.4 Å². The van der Waals surface area contributed by atoms with E-state index < -0.39 is 18.0 Å². The number of hydrogen-bond donors (Lipinski definition) is 1. The minimum absolute atomic E-state index is 0.0578. The van der Waals surface area contributed by atoms with E-state index in [9.17, 15) is 14.4 Å². The number of carbonyl (C=O) groups excluding carboxylic acids is 2. The summed E-state index contributed by atoms with van der Waals surface area (Å²) in [5.41, 5.74) is 1.91. The van der Waals surface area contributed by atoms with Gasteiger partial charge in [0.2, 0.25) is 11.8 Å². The molecular formula is C18H22N2O5. The average molecular weight is 346 g/mol. The highest BCUT2D eigenvalue weighted by Crippen LogP contribution is 2.27. The van der Waals surface area contributed by atoms with Gasteiger partial charge in [-0.25, -0.2) is 0 Å². The highest BCUT2D eigenvalue weighted by atomic mass is 16.5. The zero-order valence-corrected chi connectivity index (χ0v) is 14.2. The Hall–Kier alpha value is -2.41. The van der Waals surface area contributed by atoms with Crippen molar-refractivity contribution >= 4 is 23.5 Å². The zero-order chi connectivity index (χ0) is 18.0. The number of carbonyl (C=O) groups is 3. The molecule has 0 unspecified atom stereocenters. The van der Waals surface area contributed by atoms with E-state index >= 15 is 0 Å². The molecule has 2 amide bonds. The van der Waals surface area contributed by atoms with Crippen molar-refractivity contribution in [2.45, 2.75) is 25.9 Å². The van der Waals surface area contributed by atoms with Crippen LogP contribution in [0.15, 0.2) is 24.3 Å². The summed E-state index contributed by atoms with van der Waals surface area (Å²) in [6.45, 7) is 3.37. The van der Waals surface area contributed by atoms with Gasteiger partial charge in [-0.05, 0) is 19.1 Å². The summed E-state index contributed by atoms with van der Waals surface area (Å²) in [7, 11) is 0. The number of benzene rings is 1. The SMILES string of the molecule is Cc1ccc(N2C[C@@H](C(=O)N3CCO[C@@H](CC(=O)O)C3)CC2=O)cc1. The Labute approximate surface area is 146 Å². The first kappa shape index (κ1) is 17.4.